The van der Waals surface area contributed by atoms with Crippen molar-refractivity contribution in [3.05, 3.63) is 18.1 Å². The SMILES string of the molecule is COC(=O)[C@](N)(C(=O)OC(C)(C)C)C1CCC(NC(=O)c2nccnc2N)CC1. The lowest BCUT2D eigenvalue weighted by atomic mass is 9.73. The number of nitrogens with one attached hydrogen (secondary N) is 1. The normalized spacial score (nSPS) is 21.6. The van der Waals surface area contributed by atoms with Gasteiger partial charge in [-0.2, -0.15) is 0 Å². The fourth-order valence-electron chi connectivity index (χ4n) is 3.42. The van der Waals surface area contributed by atoms with Gasteiger partial charge in [-0.1, -0.05) is 0 Å². The molecule has 2 rings (SSSR count). The number of carbonyl (C=O) groups excluding carboxylic acids is 3. The second kappa shape index (κ2) is 8.73. The van der Waals surface area contributed by atoms with Crippen molar-refractivity contribution in [2.75, 3.05) is 12.8 Å². The third-order valence-corrected chi connectivity index (χ3v) is 4.91. The lowest BCUT2D eigenvalue weighted by Crippen LogP contribution is -2.63. The molecule has 1 aromatic heterocycles. The zero-order valence-corrected chi connectivity index (χ0v) is 17.2. The summed E-state index contributed by atoms with van der Waals surface area (Å²) < 4.78 is 10.2. The molecule has 0 radical (unpaired) electrons. The summed E-state index contributed by atoms with van der Waals surface area (Å²) in [6.45, 7) is 5.10. The molecule has 1 saturated carbocycles. The summed E-state index contributed by atoms with van der Waals surface area (Å²) >= 11 is 0. The van der Waals surface area contributed by atoms with Gasteiger partial charge in [0.1, 0.15) is 5.60 Å². The molecule has 1 aromatic rings. The summed E-state index contributed by atoms with van der Waals surface area (Å²) in [7, 11) is 1.19. The first-order chi connectivity index (χ1) is 13.5. The standard InChI is InChI=1S/C19H29N5O5/c1-18(2,3)29-17(27)19(21,16(26)28-4)11-5-7-12(8-6-11)24-15(25)13-14(20)23-10-9-22-13/h9-12H,5-8,21H2,1-4H3,(H2,20,23)(H,24,25)/t11?,12?,19-/m0/s1. The maximum Gasteiger partial charge on any atom is 0.338 e. The highest BCUT2D eigenvalue weighted by molar-refractivity contribution is 6.05. The number of amides is 1. The lowest BCUT2D eigenvalue weighted by molar-refractivity contribution is -0.174. The molecule has 5 N–H and O–H groups in total. The number of nitrogens with zero attached hydrogens (tertiary/aromatic N) is 2. The van der Waals surface area contributed by atoms with E-state index in [4.69, 9.17) is 20.9 Å². The summed E-state index contributed by atoms with van der Waals surface area (Å²) in [6, 6.07) is -0.166. The van der Waals surface area contributed by atoms with Crippen molar-refractivity contribution in [3.63, 3.8) is 0 Å². The van der Waals surface area contributed by atoms with Crippen LogP contribution in [0.1, 0.15) is 56.9 Å². The molecule has 29 heavy (non-hydrogen) atoms. The van der Waals surface area contributed by atoms with E-state index >= 15 is 0 Å². The molecule has 10 nitrogen and oxygen atoms in total. The summed E-state index contributed by atoms with van der Waals surface area (Å²) in [6.07, 6.45) is 4.71. The van der Waals surface area contributed by atoms with Gasteiger partial charge in [-0.05, 0) is 52.4 Å². The van der Waals surface area contributed by atoms with Gasteiger partial charge in [-0.3, -0.25) is 4.79 Å². The van der Waals surface area contributed by atoms with Gasteiger partial charge in [0.25, 0.3) is 5.91 Å². The molecule has 0 spiro atoms. The van der Waals surface area contributed by atoms with Crippen molar-refractivity contribution in [2.24, 2.45) is 11.7 Å². The number of nitrogen functional groups attached to an aromatic ring is 1. The number of hydrogen-bond donors (Lipinski definition) is 3. The van der Waals surface area contributed by atoms with E-state index in [-0.39, 0.29) is 17.6 Å². The van der Waals surface area contributed by atoms with E-state index in [0.29, 0.717) is 25.7 Å². The monoisotopic (exact) mass is 407 g/mol. The van der Waals surface area contributed by atoms with Crippen LogP contribution in [-0.2, 0) is 19.1 Å². The maximum atomic E-state index is 12.7. The topological polar surface area (TPSA) is 160 Å². The minimum absolute atomic E-state index is 0.0512. The maximum absolute atomic E-state index is 12.7. The molecule has 0 aromatic carbocycles. The number of methoxy groups -OCH3 is 1. The van der Waals surface area contributed by atoms with Crippen LogP contribution in [0.3, 0.4) is 0 Å². The van der Waals surface area contributed by atoms with Crippen molar-refractivity contribution in [2.45, 2.75) is 63.6 Å². The molecule has 160 valence electrons. The number of ether oxygens (including phenoxy) is 2. The smallest absolute Gasteiger partial charge is 0.338 e. The van der Waals surface area contributed by atoms with E-state index in [1.807, 2.05) is 0 Å². The lowest BCUT2D eigenvalue weighted by Gasteiger charge is -2.38. The van der Waals surface area contributed by atoms with Gasteiger partial charge in [0.05, 0.1) is 7.11 Å². The first kappa shape index (κ1) is 22.5. The first-order valence-electron chi connectivity index (χ1n) is 9.47. The van der Waals surface area contributed by atoms with E-state index in [1.165, 1.54) is 19.5 Å². The van der Waals surface area contributed by atoms with Gasteiger partial charge in [-0.25, -0.2) is 19.6 Å². The Kier molecular flexibility index (Phi) is 6.78. The van der Waals surface area contributed by atoms with E-state index in [2.05, 4.69) is 15.3 Å². The summed E-state index contributed by atoms with van der Waals surface area (Å²) in [5, 5.41) is 2.86. The molecule has 1 heterocycles. The quantitative estimate of drug-likeness (QED) is 0.468. The first-order valence-corrected chi connectivity index (χ1v) is 9.47. The molecule has 0 saturated heterocycles. The molecule has 1 aliphatic rings. The van der Waals surface area contributed by atoms with Gasteiger partial charge >= 0.3 is 11.9 Å². The number of aromatic nitrogens is 2. The highest BCUT2D eigenvalue weighted by Crippen LogP contribution is 2.34. The van der Waals surface area contributed by atoms with Crippen molar-refractivity contribution >= 4 is 23.7 Å². The molecular formula is C19H29N5O5. The number of hydrogen-bond acceptors (Lipinski definition) is 9. The fraction of sp³-hybridized carbons (Fsp3) is 0.632. The largest absolute Gasteiger partial charge is 0.467 e. The number of rotatable bonds is 5. The van der Waals surface area contributed by atoms with E-state index < -0.39 is 34.9 Å². The average Bonchev–Trinajstić information content (AvgIpc) is 2.66. The Morgan fingerprint density at radius 3 is 2.17 bits per heavy atom. The van der Waals surface area contributed by atoms with Gasteiger partial charge < -0.3 is 26.3 Å². The second-order valence-corrected chi connectivity index (χ2v) is 8.17. The Morgan fingerprint density at radius 2 is 1.66 bits per heavy atom. The fourth-order valence-corrected chi connectivity index (χ4v) is 3.42. The molecule has 1 fully saturated rings. The van der Waals surface area contributed by atoms with Crippen LogP contribution in [-0.4, -0.2) is 52.1 Å². The summed E-state index contributed by atoms with van der Waals surface area (Å²) in [5.41, 5.74) is 9.32. The minimum Gasteiger partial charge on any atom is -0.467 e. The summed E-state index contributed by atoms with van der Waals surface area (Å²) in [5.74, 6) is -2.48. The van der Waals surface area contributed by atoms with Gasteiger partial charge in [0, 0.05) is 18.4 Å². The Bertz CT molecular complexity index is 770. The Morgan fingerprint density at radius 1 is 1.07 bits per heavy atom. The molecular weight excluding hydrogens is 378 g/mol. The third-order valence-electron chi connectivity index (χ3n) is 4.91. The van der Waals surface area contributed by atoms with Crippen LogP contribution in [0.15, 0.2) is 12.4 Å². The highest BCUT2D eigenvalue weighted by Gasteiger charge is 2.53. The van der Waals surface area contributed by atoms with Crippen molar-refractivity contribution in [3.8, 4) is 0 Å². The zero-order valence-electron chi connectivity index (χ0n) is 17.2. The van der Waals surface area contributed by atoms with Crippen molar-refractivity contribution in [1.82, 2.24) is 15.3 Å². The molecule has 1 aliphatic carbocycles. The predicted octanol–water partition coefficient (Wildman–Crippen LogP) is 0.560. The van der Waals surface area contributed by atoms with E-state index in [9.17, 15) is 14.4 Å². The van der Waals surface area contributed by atoms with Crippen LogP contribution in [0.5, 0.6) is 0 Å². The average molecular weight is 407 g/mol. The molecule has 10 heteroatoms. The van der Waals surface area contributed by atoms with Crippen LogP contribution < -0.4 is 16.8 Å². The Balaban J connectivity index is 2.06. The van der Waals surface area contributed by atoms with Gasteiger partial charge in [0.15, 0.2) is 11.5 Å². The number of carbonyl (C=O) groups is 3. The Hall–Kier alpha value is -2.75. The molecule has 0 bridgehead atoms. The van der Waals surface area contributed by atoms with Gasteiger partial charge in [0.2, 0.25) is 5.54 Å². The molecule has 1 atom stereocenters. The zero-order chi connectivity index (χ0) is 21.8. The van der Waals surface area contributed by atoms with Crippen molar-refractivity contribution in [1.29, 1.82) is 0 Å². The second-order valence-electron chi connectivity index (χ2n) is 8.17. The highest BCUT2D eigenvalue weighted by atomic mass is 16.6. The molecule has 0 unspecified atom stereocenters. The van der Waals surface area contributed by atoms with Crippen molar-refractivity contribution < 1.29 is 23.9 Å². The molecule has 1 amide bonds. The van der Waals surface area contributed by atoms with E-state index in [1.54, 1.807) is 20.8 Å². The number of nitrogens with two attached hydrogens (primary N) is 2. The minimum atomic E-state index is -1.90. The van der Waals surface area contributed by atoms with Crippen LogP contribution in [0.25, 0.3) is 0 Å². The Labute approximate surface area is 169 Å². The van der Waals surface area contributed by atoms with Crippen LogP contribution >= 0.6 is 0 Å². The van der Waals surface area contributed by atoms with E-state index in [0.717, 1.165) is 0 Å². The third kappa shape index (κ3) is 5.20. The van der Waals surface area contributed by atoms with Gasteiger partial charge in [-0.15, -0.1) is 0 Å². The van der Waals surface area contributed by atoms with Crippen LogP contribution in [0, 0.1) is 5.92 Å². The number of esters is 2. The predicted molar refractivity (Wildman–Crippen MR) is 104 cm³/mol. The molecule has 0 aliphatic heterocycles. The summed E-state index contributed by atoms with van der Waals surface area (Å²) in [4.78, 5) is 45.3. The number of anilines is 1. The van der Waals surface area contributed by atoms with Crippen LogP contribution in [0.4, 0.5) is 5.82 Å². The van der Waals surface area contributed by atoms with Crippen LogP contribution in [0.2, 0.25) is 0 Å².